The molecule has 43 heavy (non-hydrogen) atoms. The summed E-state index contributed by atoms with van der Waals surface area (Å²) in [7, 11) is 1.79. The van der Waals surface area contributed by atoms with Crippen LogP contribution in [0.4, 0.5) is 5.69 Å². The zero-order valence-corrected chi connectivity index (χ0v) is 25.2. The van der Waals surface area contributed by atoms with E-state index < -0.39 is 0 Å². The van der Waals surface area contributed by atoms with Crippen molar-refractivity contribution in [2.75, 3.05) is 32.1 Å². The first-order chi connectivity index (χ1) is 20.9. The van der Waals surface area contributed by atoms with Crippen LogP contribution in [0.2, 0.25) is 0 Å². The van der Waals surface area contributed by atoms with Gasteiger partial charge in [-0.25, -0.2) is 0 Å². The van der Waals surface area contributed by atoms with E-state index in [2.05, 4.69) is 39.8 Å². The van der Waals surface area contributed by atoms with Crippen molar-refractivity contribution in [3.8, 4) is 5.75 Å². The standard InChI is InChI=1S/C33H38N4O5S/c1-36-28-11-10-25(17-31(38)35-24-13-14-37(20-24)19-22-6-3-2-4-7-22)42-30(28)21-41-29-12-9-23(16-27(29)33(36)40)34-32(39)18-26-8-5-15-43-26/h2-9,12,15-16,24-25,28,30H,10-11,13-14,17-21H2,1H3,(H,34,39)(H,35,38)/t24-,25+,28+,30-/m0/s1. The molecule has 0 unspecified atom stereocenters. The summed E-state index contributed by atoms with van der Waals surface area (Å²) >= 11 is 1.53. The summed E-state index contributed by atoms with van der Waals surface area (Å²) in [6.45, 7) is 2.97. The van der Waals surface area contributed by atoms with E-state index in [9.17, 15) is 14.4 Å². The number of amides is 3. The van der Waals surface area contributed by atoms with Crippen molar-refractivity contribution in [2.24, 2.45) is 0 Å². The van der Waals surface area contributed by atoms with Crippen LogP contribution < -0.4 is 15.4 Å². The molecule has 2 aromatic carbocycles. The molecule has 0 spiro atoms. The maximum atomic E-state index is 13.5. The van der Waals surface area contributed by atoms with E-state index in [4.69, 9.17) is 9.47 Å². The molecule has 0 aliphatic carbocycles. The quantitative estimate of drug-likeness (QED) is 0.403. The van der Waals surface area contributed by atoms with Crippen LogP contribution >= 0.6 is 11.3 Å². The van der Waals surface area contributed by atoms with Gasteiger partial charge in [-0.15, -0.1) is 11.3 Å². The van der Waals surface area contributed by atoms with E-state index in [0.717, 1.165) is 37.4 Å². The number of likely N-dealkylation sites (N-methyl/N-ethyl adjacent to an activating group) is 1. The van der Waals surface area contributed by atoms with Crippen molar-refractivity contribution in [3.63, 3.8) is 0 Å². The second kappa shape index (κ2) is 13.3. The van der Waals surface area contributed by atoms with Gasteiger partial charge in [0.15, 0.2) is 0 Å². The van der Waals surface area contributed by atoms with Gasteiger partial charge in [-0.1, -0.05) is 36.4 Å². The van der Waals surface area contributed by atoms with Gasteiger partial charge in [-0.2, -0.15) is 0 Å². The molecule has 0 saturated carbocycles. The molecular formula is C33H38N4O5S. The molecule has 3 aliphatic heterocycles. The van der Waals surface area contributed by atoms with Gasteiger partial charge in [0.05, 0.1) is 30.6 Å². The summed E-state index contributed by atoms with van der Waals surface area (Å²) in [6.07, 6.45) is 2.35. The fraction of sp³-hybridized carbons (Fsp3) is 0.424. The molecule has 2 saturated heterocycles. The zero-order valence-electron chi connectivity index (χ0n) is 24.4. The SMILES string of the molecule is CN1C(=O)c2cc(NC(=O)Cc3cccs3)ccc2OC[C@@H]2O[C@@H](CC(=O)N[C@H]3CCN(Cc4ccccc4)C3)CC[C@H]21. The highest BCUT2D eigenvalue weighted by Crippen LogP contribution is 2.32. The van der Waals surface area contributed by atoms with Crippen LogP contribution in [0.15, 0.2) is 66.0 Å². The average molecular weight is 603 g/mol. The Kier molecular flexibility index (Phi) is 9.06. The number of ether oxygens (including phenoxy) is 2. The monoisotopic (exact) mass is 602 g/mol. The van der Waals surface area contributed by atoms with Crippen molar-refractivity contribution in [1.82, 2.24) is 15.1 Å². The number of anilines is 1. The number of likely N-dealkylation sites (tertiary alicyclic amines) is 1. The summed E-state index contributed by atoms with van der Waals surface area (Å²) in [5, 5.41) is 8.05. The van der Waals surface area contributed by atoms with E-state index in [1.165, 1.54) is 16.9 Å². The molecule has 9 nitrogen and oxygen atoms in total. The Bertz CT molecular complexity index is 1430. The first kappa shape index (κ1) is 29.3. The minimum Gasteiger partial charge on any atom is -0.490 e. The summed E-state index contributed by atoms with van der Waals surface area (Å²) in [5.41, 5.74) is 2.25. The molecule has 2 N–H and O–H groups in total. The molecule has 10 heteroatoms. The highest BCUT2D eigenvalue weighted by atomic mass is 32.1. The van der Waals surface area contributed by atoms with Gasteiger partial charge in [0.2, 0.25) is 11.8 Å². The van der Waals surface area contributed by atoms with E-state index in [1.807, 2.05) is 23.6 Å². The fourth-order valence-corrected chi connectivity index (χ4v) is 7.01. The Balaban J connectivity index is 1.02. The van der Waals surface area contributed by atoms with Crippen molar-refractivity contribution in [3.05, 3.63) is 82.0 Å². The number of hydrogen-bond acceptors (Lipinski definition) is 7. The lowest BCUT2D eigenvalue weighted by Gasteiger charge is -2.42. The average Bonchev–Trinajstić information content (AvgIpc) is 3.67. The molecule has 6 rings (SSSR count). The number of rotatable bonds is 8. The third-order valence-electron chi connectivity index (χ3n) is 8.51. The minimum atomic E-state index is -0.341. The Morgan fingerprint density at radius 1 is 1.02 bits per heavy atom. The number of nitrogens with zero attached hydrogens (tertiary/aromatic N) is 2. The molecule has 4 atom stereocenters. The van der Waals surface area contributed by atoms with Crippen molar-refractivity contribution < 1.29 is 23.9 Å². The van der Waals surface area contributed by atoms with Crippen molar-refractivity contribution in [2.45, 2.75) is 62.9 Å². The highest BCUT2D eigenvalue weighted by Gasteiger charge is 2.39. The first-order valence-electron chi connectivity index (χ1n) is 15.0. The molecule has 0 bridgehead atoms. The van der Waals surface area contributed by atoms with E-state index in [-0.39, 0.29) is 55.0 Å². The number of carbonyl (C=O) groups is 3. The van der Waals surface area contributed by atoms with Crippen molar-refractivity contribution in [1.29, 1.82) is 0 Å². The lowest BCUT2D eigenvalue weighted by Crippen LogP contribution is -2.54. The predicted molar refractivity (Wildman–Crippen MR) is 165 cm³/mol. The lowest BCUT2D eigenvalue weighted by atomic mass is 9.94. The van der Waals surface area contributed by atoms with Crippen LogP contribution in [-0.2, 0) is 27.3 Å². The summed E-state index contributed by atoms with van der Waals surface area (Å²) in [4.78, 5) is 44.1. The zero-order chi connectivity index (χ0) is 29.8. The van der Waals surface area contributed by atoms with Gasteiger partial charge < -0.3 is 25.0 Å². The Morgan fingerprint density at radius 2 is 1.88 bits per heavy atom. The first-order valence-corrected chi connectivity index (χ1v) is 15.9. The summed E-state index contributed by atoms with van der Waals surface area (Å²) in [5.74, 6) is 0.143. The van der Waals surface area contributed by atoms with Crippen LogP contribution in [0, 0.1) is 0 Å². The van der Waals surface area contributed by atoms with Crippen LogP contribution in [-0.4, -0.2) is 78.6 Å². The van der Waals surface area contributed by atoms with Crippen molar-refractivity contribution >= 4 is 34.7 Å². The molecular weight excluding hydrogens is 564 g/mol. The third-order valence-corrected chi connectivity index (χ3v) is 9.39. The van der Waals surface area contributed by atoms with Crippen LogP contribution in [0.3, 0.4) is 0 Å². The molecule has 226 valence electrons. The summed E-state index contributed by atoms with van der Waals surface area (Å²) < 4.78 is 12.5. The van der Waals surface area contributed by atoms with Crippen LogP contribution in [0.1, 0.15) is 46.5 Å². The molecule has 1 aromatic heterocycles. The maximum absolute atomic E-state index is 13.5. The fourth-order valence-electron chi connectivity index (χ4n) is 6.31. The predicted octanol–water partition coefficient (Wildman–Crippen LogP) is 4.09. The van der Waals surface area contributed by atoms with E-state index >= 15 is 0 Å². The number of hydrogen-bond donors (Lipinski definition) is 2. The molecule has 4 heterocycles. The second-order valence-corrected chi connectivity index (χ2v) is 12.7. The molecule has 0 radical (unpaired) electrons. The number of carbonyl (C=O) groups excluding carboxylic acids is 3. The Hall–Kier alpha value is -3.73. The third kappa shape index (κ3) is 7.26. The smallest absolute Gasteiger partial charge is 0.257 e. The molecule has 3 aliphatic rings. The number of benzene rings is 2. The van der Waals surface area contributed by atoms with Gasteiger partial charge in [0.1, 0.15) is 18.5 Å². The number of fused-ring (bicyclic) bond motifs is 2. The Labute approximate surface area is 256 Å². The number of thiophene rings is 1. The molecule has 3 aromatic rings. The Morgan fingerprint density at radius 3 is 2.70 bits per heavy atom. The molecule has 3 amide bonds. The minimum absolute atomic E-state index is 0.00482. The highest BCUT2D eigenvalue weighted by molar-refractivity contribution is 7.10. The summed E-state index contributed by atoms with van der Waals surface area (Å²) in [6, 6.07) is 19.4. The van der Waals surface area contributed by atoms with Crippen LogP contribution in [0.5, 0.6) is 5.75 Å². The van der Waals surface area contributed by atoms with E-state index in [0.29, 0.717) is 29.8 Å². The van der Waals surface area contributed by atoms with Gasteiger partial charge >= 0.3 is 0 Å². The van der Waals surface area contributed by atoms with Crippen LogP contribution in [0.25, 0.3) is 0 Å². The molecule has 2 fully saturated rings. The van der Waals surface area contributed by atoms with Gasteiger partial charge in [0, 0.05) is 43.3 Å². The second-order valence-electron chi connectivity index (χ2n) is 11.7. The van der Waals surface area contributed by atoms with Gasteiger partial charge in [0.25, 0.3) is 5.91 Å². The lowest BCUT2D eigenvalue weighted by molar-refractivity contribution is -0.134. The van der Waals surface area contributed by atoms with E-state index in [1.54, 1.807) is 30.1 Å². The van der Waals surface area contributed by atoms with Gasteiger partial charge in [-0.05, 0) is 54.5 Å². The van der Waals surface area contributed by atoms with Gasteiger partial charge in [-0.3, -0.25) is 19.3 Å². The topological polar surface area (TPSA) is 100 Å². The maximum Gasteiger partial charge on any atom is 0.257 e. The normalized spacial score (nSPS) is 23.8. The number of nitrogens with one attached hydrogen (secondary N) is 2. The largest absolute Gasteiger partial charge is 0.490 e.